The molecule has 3 atom stereocenters. The van der Waals surface area contributed by atoms with Crippen molar-refractivity contribution in [2.24, 2.45) is 22.6 Å². The number of nitrogens with zero attached hydrogens (tertiary/aromatic N) is 1. The van der Waals surface area contributed by atoms with E-state index in [0.717, 1.165) is 44.6 Å². The smallest absolute Gasteiger partial charge is 0.415 e. The van der Waals surface area contributed by atoms with Gasteiger partial charge in [-0.2, -0.15) is 13.2 Å². The van der Waals surface area contributed by atoms with Gasteiger partial charge in [0.1, 0.15) is 11.4 Å². The highest BCUT2D eigenvalue weighted by Gasteiger charge is 2.62. The van der Waals surface area contributed by atoms with Gasteiger partial charge in [-0.25, -0.2) is 9.38 Å². The number of carbonyl (C=O) groups is 1. The van der Waals surface area contributed by atoms with E-state index in [2.05, 4.69) is 10.3 Å². The fraction of sp³-hybridized carbons (Fsp3) is 0.636. The van der Waals surface area contributed by atoms with Gasteiger partial charge in [-0.15, -0.1) is 0 Å². The zero-order valence-corrected chi connectivity index (χ0v) is 17.6. The number of amides is 1. The van der Waals surface area contributed by atoms with E-state index in [1.807, 2.05) is 0 Å². The number of amidine groups is 1. The second-order valence-corrected chi connectivity index (χ2v) is 8.79. The maximum Gasteiger partial charge on any atom is 0.415 e. The van der Waals surface area contributed by atoms with E-state index < -0.39 is 42.8 Å². The zero-order valence-electron chi connectivity index (χ0n) is 17.6. The molecule has 0 radical (unpaired) electrons. The number of hydrogen-bond acceptors (Lipinski definition) is 5. The summed E-state index contributed by atoms with van der Waals surface area (Å²) in [5.74, 6) is -2.36. The number of alkyl halides is 3. The van der Waals surface area contributed by atoms with Crippen molar-refractivity contribution in [1.29, 1.82) is 0 Å². The van der Waals surface area contributed by atoms with Crippen LogP contribution < -0.4 is 11.1 Å². The highest BCUT2D eigenvalue weighted by atomic mass is 19.4. The van der Waals surface area contributed by atoms with E-state index in [9.17, 15) is 22.4 Å². The summed E-state index contributed by atoms with van der Waals surface area (Å²) in [6, 6.07) is 3.54. The summed E-state index contributed by atoms with van der Waals surface area (Å²) >= 11 is 0. The number of nitrogens with two attached hydrogens (primary N) is 1. The number of fused-ring (bicyclic) bond motifs is 1. The molecule has 1 aromatic rings. The number of aliphatic imine (C=N–C) groups is 1. The third kappa shape index (κ3) is 4.42. The van der Waals surface area contributed by atoms with E-state index in [4.69, 9.17) is 15.2 Å². The van der Waals surface area contributed by atoms with Crippen molar-refractivity contribution in [2.75, 3.05) is 18.5 Å². The van der Waals surface area contributed by atoms with Crippen LogP contribution in [0.15, 0.2) is 23.2 Å². The van der Waals surface area contributed by atoms with Gasteiger partial charge in [0.2, 0.25) is 5.91 Å². The molecule has 2 aliphatic heterocycles. The van der Waals surface area contributed by atoms with Crippen molar-refractivity contribution in [3.63, 3.8) is 0 Å². The molecule has 32 heavy (non-hydrogen) atoms. The van der Waals surface area contributed by atoms with Gasteiger partial charge in [0.25, 0.3) is 6.02 Å². The molecule has 0 spiro atoms. The van der Waals surface area contributed by atoms with Crippen LogP contribution in [-0.4, -0.2) is 37.4 Å². The Bertz CT molecular complexity index is 884. The molecule has 2 unspecified atom stereocenters. The molecule has 0 bridgehead atoms. The van der Waals surface area contributed by atoms with Crippen LogP contribution in [0.5, 0.6) is 0 Å². The number of ether oxygens (including phenoxy) is 2. The molecule has 176 valence electrons. The summed E-state index contributed by atoms with van der Waals surface area (Å²) in [4.78, 5) is 16.9. The number of benzene rings is 1. The molecule has 1 aromatic carbocycles. The first-order valence-electron chi connectivity index (χ1n) is 11.0. The van der Waals surface area contributed by atoms with Crippen LogP contribution in [0, 0.1) is 17.7 Å². The summed E-state index contributed by atoms with van der Waals surface area (Å²) in [5.41, 5.74) is 4.18. The summed E-state index contributed by atoms with van der Waals surface area (Å²) in [6.45, 7) is -0.902. The molecule has 10 heteroatoms. The minimum Gasteiger partial charge on any atom is -0.465 e. The van der Waals surface area contributed by atoms with Crippen molar-refractivity contribution in [3.05, 3.63) is 29.6 Å². The molecule has 0 aromatic heterocycles. The monoisotopic (exact) mass is 457 g/mol. The lowest BCUT2D eigenvalue weighted by Crippen LogP contribution is -2.48. The quantitative estimate of drug-likeness (QED) is 0.665. The Kier molecular flexibility index (Phi) is 6.33. The maximum absolute atomic E-state index is 14.9. The van der Waals surface area contributed by atoms with Gasteiger partial charge in [0.15, 0.2) is 6.10 Å². The fourth-order valence-electron chi connectivity index (χ4n) is 4.99. The third-order valence-corrected chi connectivity index (χ3v) is 6.68. The van der Waals surface area contributed by atoms with Crippen molar-refractivity contribution in [2.45, 2.75) is 62.8 Å². The molecule has 1 aliphatic carbocycles. The molecule has 2 fully saturated rings. The normalized spacial score (nSPS) is 29.3. The number of anilines is 1. The van der Waals surface area contributed by atoms with Gasteiger partial charge in [-0.3, -0.25) is 4.79 Å². The van der Waals surface area contributed by atoms with Crippen LogP contribution in [0.1, 0.15) is 50.5 Å². The van der Waals surface area contributed by atoms with Crippen molar-refractivity contribution in [3.8, 4) is 0 Å². The summed E-state index contributed by atoms with van der Waals surface area (Å²) in [6.07, 6.45) is 0.0455. The number of hydrogen-bond donors (Lipinski definition) is 2. The summed E-state index contributed by atoms with van der Waals surface area (Å²) in [7, 11) is 0. The minimum absolute atomic E-state index is 0.101. The average molecular weight is 457 g/mol. The van der Waals surface area contributed by atoms with Gasteiger partial charge in [0.05, 0.1) is 19.1 Å². The minimum atomic E-state index is -4.67. The first kappa shape index (κ1) is 22.8. The van der Waals surface area contributed by atoms with Gasteiger partial charge >= 0.3 is 6.18 Å². The second-order valence-electron chi connectivity index (χ2n) is 8.79. The molecule has 6 nitrogen and oxygen atoms in total. The highest BCUT2D eigenvalue weighted by molar-refractivity contribution is 5.92. The Labute approximate surface area is 183 Å². The second kappa shape index (κ2) is 8.88. The predicted octanol–water partition coefficient (Wildman–Crippen LogP) is 4.24. The lowest BCUT2D eigenvalue weighted by atomic mass is 9.77. The molecular formula is C22H27F4N3O3. The van der Waals surface area contributed by atoms with Gasteiger partial charge in [-0.1, -0.05) is 32.1 Å². The summed E-state index contributed by atoms with van der Waals surface area (Å²) in [5, 5.41) is 2.82. The topological polar surface area (TPSA) is 85.9 Å². The Hall–Kier alpha value is -2.36. The van der Waals surface area contributed by atoms with Gasteiger partial charge in [-0.05, 0) is 31.0 Å². The fourth-order valence-corrected chi connectivity index (χ4v) is 4.99. The standard InChI is InChI=1S/C22H27F4N3O3/c23-17-9-8-14(28-19(30)13-6-4-2-1-3-5-7-13)10-15(17)21-12-32-18(22(24,25)26)16(21)11-31-20(27)29-21/h8-10,13,16,18H,1-7,11-12H2,(H2,27,29)(H,28,30)/t16?,18-,21?/m0/s1. The number of carbonyl (C=O) groups excluding carboxylic acids is 1. The Balaban J connectivity index is 1.63. The van der Waals surface area contributed by atoms with E-state index in [0.29, 0.717) is 5.69 Å². The first-order chi connectivity index (χ1) is 15.2. The largest absolute Gasteiger partial charge is 0.465 e. The molecule has 1 amide bonds. The van der Waals surface area contributed by atoms with Crippen molar-refractivity contribution in [1.82, 2.24) is 0 Å². The predicted molar refractivity (Wildman–Crippen MR) is 109 cm³/mol. The maximum atomic E-state index is 14.9. The molecule has 4 rings (SSSR count). The number of nitrogens with one attached hydrogen (secondary N) is 1. The van der Waals surface area contributed by atoms with Crippen LogP contribution in [0.3, 0.4) is 0 Å². The van der Waals surface area contributed by atoms with Crippen molar-refractivity contribution >= 4 is 17.6 Å². The van der Waals surface area contributed by atoms with Crippen LogP contribution in [0.4, 0.5) is 23.2 Å². The van der Waals surface area contributed by atoms with Crippen LogP contribution >= 0.6 is 0 Å². The third-order valence-electron chi connectivity index (χ3n) is 6.68. The van der Waals surface area contributed by atoms with Crippen LogP contribution in [0.25, 0.3) is 0 Å². The molecule has 3 N–H and O–H groups in total. The molecule has 1 saturated carbocycles. The van der Waals surface area contributed by atoms with Crippen molar-refractivity contribution < 1.29 is 31.8 Å². The Morgan fingerprint density at radius 1 is 1.16 bits per heavy atom. The summed E-state index contributed by atoms with van der Waals surface area (Å²) < 4.78 is 65.6. The van der Waals surface area contributed by atoms with Gasteiger partial charge in [0, 0.05) is 17.2 Å². The SMILES string of the molecule is NC1=NC2(c3cc(NC(=O)C4CCCCCCC4)ccc3F)CO[C@H](C(F)(F)F)C2CO1. The lowest BCUT2D eigenvalue weighted by Gasteiger charge is -2.36. The first-order valence-corrected chi connectivity index (χ1v) is 11.0. The molecule has 1 saturated heterocycles. The van der Waals surface area contributed by atoms with Crippen LogP contribution in [0.2, 0.25) is 0 Å². The molecular weight excluding hydrogens is 430 g/mol. The Morgan fingerprint density at radius 2 is 1.84 bits per heavy atom. The Morgan fingerprint density at radius 3 is 2.53 bits per heavy atom. The molecule has 3 aliphatic rings. The van der Waals surface area contributed by atoms with Crippen LogP contribution in [-0.2, 0) is 19.8 Å². The van der Waals surface area contributed by atoms with E-state index >= 15 is 0 Å². The van der Waals surface area contributed by atoms with E-state index in [1.165, 1.54) is 18.6 Å². The molecule has 2 heterocycles. The zero-order chi connectivity index (χ0) is 22.9. The lowest BCUT2D eigenvalue weighted by molar-refractivity contribution is -0.219. The van der Waals surface area contributed by atoms with Gasteiger partial charge < -0.3 is 20.5 Å². The van der Waals surface area contributed by atoms with E-state index in [-0.39, 0.29) is 23.4 Å². The van der Waals surface area contributed by atoms with E-state index in [1.54, 1.807) is 0 Å². The highest BCUT2D eigenvalue weighted by Crippen LogP contribution is 2.50. The number of halogens is 4. The average Bonchev–Trinajstić information content (AvgIpc) is 3.09. The number of rotatable bonds is 3.